The van der Waals surface area contributed by atoms with Crippen molar-refractivity contribution in [3.63, 3.8) is 0 Å². The van der Waals surface area contributed by atoms with Gasteiger partial charge in [0.05, 0.1) is 7.11 Å². The number of nitrogens with one attached hydrogen (secondary N) is 1. The fourth-order valence-corrected chi connectivity index (χ4v) is 2.39. The minimum absolute atomic E-state index is 0.0378. The molecule has 0 atom stereocenters. The zero-order chi connectivity index (χ0) is 14.4. The molecule has 110 valence electrons. The molecule has 1 heterocycles. The summed E-state index contributed by atoms with van der Waals surface area (Å²) in [4.78, 5) is 13.9. The Morgan fingerprint density at radius 3 is 2.85 bits per heavy atom. The normalized spacial score (nSPS) is 16.0. The number of ether oxygens (including phenoxy) is 1. The predicted octanol–water partition coefficient (Wildman–Crippen LogP) is 1.61. The summed E-state index contributed by atoms with van der Waals surface area (Å²) in [5.41, 5.74) is 1.02. The van der Waals surface area contributed by atoms with Gasteiger partial charge < -0.3 is 20.1 Å². The maximum atomic E-state index is 12.0. The number of carbonyl (C=O) groups excluding carboxylic acids is 1. The molecule has 20 heavy (non-hydrogen) atoms. The third-order valence-corrected chi connectivity index (χ3v) is 3.74. The maximum Gasteiger partial charge on any atom is 0.317 e. The van der Waals surface area contributed by atoms with E-state index < -0.39 is 0 Å². The molecule has 5 nitrogen and oxygen atoms in total. The lowest BCUT2D eigenvalue weighted by Crippen LogP contribution is -2.44. The van der Waals surface area contributed by atoms with E-state index in [0.29, 0.717) is 12.5 Å². The Morgan fingerprint density at radius 2 is 2.20 bits per heavy atom. The largest absolute Gasteiger partial charge is 0.497 e. The fraction of sp³-hybridized carbons (Fsp3) is 0.533. The number of benzene rings is 1. The molecule has 0 radical (unpaired) electrons. The van der Waals surface area contributed by atoms with E-state index >= 15 is 0 Å². The molecule has 2 N–H and O–H groups in total. The fourth-order valence-electron chi connectivity index (χ4n) is 2.39. The number of aliphatic hydroxyl groups is 1. The SMILES string of the molecule is COc1cccc(CNC(=O)N2CCC(CO)CC2)c1. The summed E-state index contributed by atoms with van der Waals surface area (Å²) >= 11 is 0. The van der Waals surface area contributed by atoms with Gasteiger partial charge >= 0.3 is 6.03 Å². The van der Waals surface area contributed by atoms with Crippen LogP contribution in [0, 0.1) is 5.92 Å². The van der Waals surface area contributed by atoms with Gasteiger partial charge in [-0.15, -0.1) is 0 Å². The van der Waals surface area contributed by atoms with Gasteiger partial charge in [-0.1, -0.05) is 12.1 Å². The van der Waals surface area contributed by atoms with Crippen LogP contribution in [0.1, 0.15) is 18.4 Å². The number of hydrogen-bond acceptors (Lipinski definition) is 3. The van der Waals surface area contributed by atoms with Crippen molar-refractivity contribution >= 4 is 6.03 Å². The van der Waals surface area contributed by atoms with Crippen LogP contribution < -0.4 is 10.1 Å². The van der Waals surface area contributed by atoms with Crippen LogP contribution in [0.2, 0.25) is 0 Å². The minimum Gasteiger partial charge on any atom is -0.497 e. The lowest BCUT2D eigenvalue weighted by atomic mass is 9.98. The molecule has 1 aliphatic heterocycles. The van der Waals surface area contributed by atoms with E-state index in [4.69, 9.17) is 9.84 Å². The molecule has 2 amide bonds. The van der Waals surface area contributed by atoms with Crippen molar-refractivity contribution in [1.29, 1.82) is 0 Å². The van der Waals surface area contributed by atoms with Crippen molar-refractivity contribution in [2.45, 2.75) is 19.4 Å². The average molecular weight is 278 g/mol. The monoisotopic (exact) mass is 278 g/mol. The third kappa shape index (κ3) is 3.87. The second-order valence-electron chi connectivity index (χ2n) is 5.12. The van der Waals surface area contributed by atoms with E-state index in [1.807, 2.05) is 29.2 Å². The Labute approximate surface area is 119 Å². The number of aliphatic hydroxyl groups excluding tert-OH is 1. The van der Waals surface area contributed by atoms with Gasteiger partial charge in [-0.05, 0) is 36.5 Å². The average Bonchev–Trinajstić information content (AvgIpc) is 2.53. The number of amides is 2. The van der Waals surface area contributed by atoms with E-state index in [1.54, 1.807) is 7.11 Å². The van der Waals surface area contributed by atoms with Crippen molar-refractivity contribution in [3.8, 4) is 5.75 Å². The molecule has 0 aliphatic carbocycles. The van der Waals surface area contributed by atoms with Crippen LogP contribution >= 0.6 is 0 Å². The Hall–Kier alpha value is -1.75. The van der Waals surface area contributed by atoms with E-state index in [2.05, 4.69) is 5.32 Å². The quantitative estimate of drug-likeness (QED) is 0.879. The van der Waals surface area contributed by atoms with Crippen LogP contribution in [-0.2, 0) is 6.54 Å². The van der Waals surface area contributed by atoms with E-state index in [9.17, 15) is 4.79 Å². The van der Waals surface area contributed by atoms with Gasteiger partial charge in [-0.2, -0.15) is 0 Å². The summed E-state index contributed by atoms with van der Waals surface area (Å²) in [6.45, 7) is 2.15. The Kier molecular flexibility index (Phi) is 5.24. The number of piperidine rings is 1. The van der Waals surface area contributed by atoms with Crippen LogP contribution in [-0.4, -0.2) is 42.8 Å². The molecule has 1 saturated heterocycles. The molecule has 1 aromatic rings. The highest BCUT2D eigenvalue weighted by Crippen LogP contribution is 2.16. The summed E-state index contributed by atoms with van der Waals surface area (Å²) in [5.74, 6) is 1.14. The Balaban J connectivity index is 1.80. The standard InChI is InChI=1S/C15H22N2O3/c1-20-14-4-2-3-13(9-14)10-16-15(19)17-7-5-12(11-18)6-8-17/h2-4,9,12,18H,5-8,10-11H2,1H3,(H,16,19). The number of urea groups is 1. The first-order chi connectivity index (χ1) is 9.72. The van der Waals surface area contributed by atoms with Gasteiger partial charge in [0.15, 0.2) is 0 Å². The van der Waals surface area contributed by atoms with E-state index in [1.165, 1.54) is 0 Å². The zero-order valence-electron chi connectivity index (χ0n) is 11.8. The maximum absolute atomic E-state index is 12.0. The molecular formula is C15H22N2O3. The Bertz CT molecular complexity index is 442. The predicted molar refractivity (Wildman–Crippen MR) is 76.6 cm³/mol. The summed E-state index contributed by atoms with van der Waals surface area (Å²) in [6.07, 6.45) is 1.76. The van der Waals surface area contributed by atoms with Gasteiger partial charge in [-0.25, -0.2) is 4.79 Å². The first-order valence-electron chi connectivity index (χ1n) is 6.99. The molecule has 0 bridgehead atoms. The highest BCUT2D eigenvalue weighted by molar-refractivity contribution is 5.74. The molecule has 0 unspecified atom stereocenters. The summed E-state index contributed by atoms with van der Waals surface area (Å²) in [6, 6.07) is 7.63. The molecule has 0 saturated carbocycles. The van der Waals surface area contributed by atoms with Gasteiger partial charge in [0.25, 0.3) is 0 Å². The van der Waals surface area contributed by atoms with Crippen LogP contribution in [0.15, 0.2) is 24.3 Å². The third-order valence-electron chi connectivity index (χ3n) is 3.74. The van der Waals surface area contributed by atoms with Gasteiger partial charge in [0.2, 0.25) is 0 Å². The number of methoxy groups -OCH3 is 1. The molecular weight excluding hydrogens is 256 g/mol. The zero-order valence-corrected chi connectivity index (χ0v) is 11.8. The molecule has 1 fully saturated rings. The molecule has 2 rings (SSSR count). The van der Waals surface area contributed by atoms with Gasteiger partial charge in [0, 0.05) is 26.2 Å². The highest BCUT2D eigenvalue weighted by Gasteiger charge is 2.21. The van der Waals surface area contributed by atoms with Crippen molar-refractivity contribution in [2.75, 3.05) is 26.8 Å². The van der Waals surface area contributed by atoms with Crippen molar-refractivity contribution in [2.24, 2.45) is 5.92 Å². The molecule has 1 aliphatic rings. The van der Waals surface area contributed by atoms with Crippen LogP contribution in [0.4, 0.5) is 4.79 Å². The number of hydrogen-bond donors (Lipinski definition) is 2. The highest BCUT2D eigenvalue weighted by atomic mass is 16.5. The second kappa shape index (κ2) is 7.14. The number of carbonyl (C=O) groups is 1. The molecule has 1 aromatic carbocycles. The van der Waals surface area contributed by atoms with Crippen molar-refractivity contribution in [3.05, 3.63) is 29.8 Å². The molecule has 5 heteroatoms. The lowest BCUT2D eigenvalue weighted by Gasteiger charge is -2.31. The number of nitrogens with zero attached hydrogens (tertiary/aromatic N) is 1. The molecule has 0 aromatic heterocycles. The summed E-state index contributed by atoms with van der Waals surface area (Å²) in [5, 5.41) is 12.0. The first-order valence-corrected chi connectivity index (χ1v) is 6.99. The smallest absolute Gasteiger partial charge is 0.317 e. The topological polar surface area (TPSA) is 61.8 Å². The minimum atomic E-state index is -0.0378. The van der Waals surface area contributed by atoms with Gasteiger partial charge in [-0.3, -0.25) is 0 Å². The second-order valence-corrected chi connectivity index (χ2v) is 5.12. The van der Waals surface area contributed by atoms with Crippen LogP contribution in [0.25, 0.3) is 0 Å². The Morgan fingerprint density at radius 1 is 1.45 bits per heavy atom. The van der Waals surface area contributed by atoms with Crippen LogP contribution in [0.5, 0.6) is 5.75 Å². The molecule has 0 spiro atoms. The van der Waals surface area contributed by atoms with Gasteiger partial charge in [0.1, 0.15) is 5.75 Å². The first kappa shape index (κ1) is 14.7. The van der Waals surface area contributed by atoms with E-state index in [-0.39, 0.29) is 12.6 Å². The van der Waals surface area contributed by atoms with E-state index in [0.717, 1.165) is 37.2 Å². The summed E-state index contributed by atoms with van der Waals surface area (Å²) in [7, 11) is 1.63. The van der Waals surface area contributed by atoms with Crippen molar-refractivity contribution in [1.82, 2.24) is 10.2 Å². The van der Waals surface area contributed by atoms with Crippen molar-refractivity contribution < 1.29 is 14.6 Å². The number of rotatable bonds is 4. The lowest BCUT2D eigenvalue weighted by molar-refractivity contribution is 0.137. The van der Waals surface area contributed by atoms with Crippen LogP contribution in [0.3, 0.4) is 0 Å². The number of likely N-dealkylation sites (tertiary alicyclic amines) is 1. The summed E-state index contributed by atoms with van der Waals surface area (Å²) < 4.78 is 5.16.